The molecule has 1 fully saturated rings. The average molecular weight is 354 g/mol. The summed E-state index contributed by atoms with van der Waals surface area (Å²) in [6, 6.07) is 8.00. The van der Waals surface area contributed by atoms with Gasteiger partial charge in [-0.25, -0.2) is 4.98 Å². The van der Waals surface area contributed by atoms with E-state index in [1.54, 1.807) is 6.20 Å². The number of imidazole rings is 1. The monoisotopic (exact) mass is 354 g/mol. The molecule has 7 nitrogen and oxygen atoms in total. The summed E-state index contributed by atoms with van der Waals surface area (Å²) in [4.78, 5) is 30.5. The van der Waals surface area contributed by atoms with Crippen molar-refractivity contribution in [3.8, 4) is 0 Å². The first-order chi connectivity index (χ1) is 12.6. The van der Waals surface area contributed by atoms with Crippen LogP contribution in [0, 0.1) is 6.92 Å². The number of nitrogens with zero attached hydrogens (tertiary/aromatic N) is 3. The molecule has 136 valence electrons. The smallest absolute Gasteiger partial charge is 0.246 e. The number of aryl methyl sites for hydroxylation is 1. The molecule has 2 atom stereocenters. The summed E-state index contributed by atoms with van der Waals surface area (Å²) in [5.41, 5.74) is 2.12. The topological polar surface area (TPSA) is 76.5 Å². The number of nitrogens with one attached hydrogen (secondary N) is 1. The van der Waals surface area contributed by atoms with Crippen molar-refractivity contribution in [2.75, 3.05) is 24.7 Å². The van der Waals surface area contributed by atoms with Crippen molar-refractivity contribution >= 4 is 17.5 Å². The van der Waals surface area contributed by atoms with E-state index in [4.69, 9.17) is 4.74 Å². The van der Waals surface area contributed by atoms with Crippen molar-refractivity contribution < 1.29 is 14.3 Å². The molecule has 0 spiro atoms. The molecule has 1 aromatic heterocycles. The van der Waals surface area contributed by atoms with Crippen molar-refractivity contribution in [3.05, 3.63) is 48.0 Å². The van der Waals surface area contributed by atoms with Gasteiger partial charge in [0.2, 0.25) is 11.8 Å². The van der Waals surface area contributed by atoms with E-state index >= 15 is 0 Å². The minimum atomic E-state index is -0.0731. The van der Waals surface area contributed by atoms with Crippen LogP contribution in [-0.2, 0) is 20.9 Å². The van der Waals surface area contributed by atoms with Gasteiger partial charge in [0.25, 0.3) is 0 Å². The molecule has 0 bridgehead atoms. The molecule has 4 rings (SSSR count). The normalized spacial score (nSPS) is 22.2. The fraction of sp³-hybridized carbons (Fsp3) is 0.421. The average Bonchev–Trinajstić information content (AvgIpc) is 3.19. The van der Waals surface area contributed by atoms with Gasteiger partial charge >= 0.3 is 0 Å². The number of amides is 2. The van der Waals surface area contributed by atoms with E-state index in [9.17, 15) is 9.59 Å². The number of carbonyl (C=O) groups is 2. The second-order valence-corrected chi connectivity index (χ2v) is 6.88. The minimum Gasteiger partial charge on any atom is -0.370 e. The van der Waals surface area contributed by atoms with Gasteiger partial charge in [-0.15, -0.1) is 0 Å². The molecular formula is C19H22N4O3. The third kappa shape index (κ3) is 3.22. The first kappa shape index (κ1) is 16.8. The maximum Gasteiger partial charge on any atom is 0.246 e. The zero-order valence-electron chi connectivity index (χ0n) is 14.7. The summed E-state index contributed by atoms with van der Waals surface area (Å²) in [6.45, 7) is 3.44. The first-order valence-electron chi connectivity index (χ1n) is 8.86. The number of carbonyl (C=O) groups excluding carboxylic acids is 2. The molecule has 7 heteroatoms. The van der Waals surface area contributed by atoms with Crippen LogP contribution in [0.4, 0.5) is 5.69 Å². The van der Waals surface area contributed by atoms with E-state index in [1.165, 1.54) is 0 Å². The standard InChI is InChI=1S/C19H22N4O3/c1-13-20-6-7-22(13)10-19(25)23-9-14(16-4-2-3-5-17(16)23)8-15-11-26-12-18(24)21-15/h2-7,14-15H,8-12H2,1H3,(H,21,24). The number of benzene rings is 1. The van der Waals surface area contributed by atoms with Crippen LogP contribution < -0.4 is 10.2 Å². The Bertz CT molecular complexity index is 832. The zero-order valence-corrected chi connectivity index (χ0v) is 14.7. The van der Waals surface area contributed by atoms with Crippen molar-refractivity contribution in [3.63, 3.8) is 0 Å². The number of para-hydroxylation sites is 1. The Morgan fingerprint density at radius 2 is 2.23 bits per heavy atom. The predicted molar refractivity (Wildman–Crippen MR) is 95.9 cm³/mol. The van der Waals surface area contributed by atoms with E-state index in [0.717, 1.165) is 23.5 Å². The molecule has 2 aromatic rings. The van der Waals surface area contributed by atoms with Gasteiger partial charge in [0.15, 0.2) is 0 Å². The van der Waals surface area contributed by atoms with E-state index in [-0.39, 0.29) is 36.9 Å². The van der Waals surface area contributed by atoms with E-state index in [2.05, 4.69) is 16.4 Å². The highest BCUT2D eigenvalue weighted by molar-refractivity contribution is 5.95. The van der Waals surface area contributed by atoms with Crippen molar-refractivity contribution in [2.45, 2.75) is 31.8 Å². The Balaban J connectivity index is 1.51. The minimum absolute atomic E-state index is 0.0137. The lowest BCUT2D eigenvalue weighted by Crippen LogP contribution is -2.46. The Hall–Kier alpha value is -2.67. The summed E-state index contributed by atoms with van der Waals surface area (Å²) < 4.78 is 7.20. The highest BCUT2D eigenvalue weighted by atomic mass is 16.5. The molecule has 2 aliphatic heterocycles. The Morgan fingerprint density at radius 3 is 3.00 bits per heavy atom. The second-order valence-electron chi connectivity index (χ2n) is 6.88. The second kappa shape index (κ2) is 6.92. The van der Waals surface area contributed by atoms with Gasteiger partial charge in [0.05, 0.1) is 12.6 Å². The fourth-order valence-corrected chi connectivity index (χ4v) is 3.81. The number of rotatable bonds is 4. The Labute approximate surface area is 152 Å². The van der Waals surface area contributed by atoms with Gasteiger partial charge in [-0.05, 0) is 25.0 Å². The molecule has 2 aliphatic rings. The fourth-order valence-electron chi connectivity index (χ4n) is 3.81. The van der Waals surface area contributed by atoms with Gasteiger partial charge in [0, 0.05) is 30.5 Å². The van der Waals surface area contributed by atoms with E-state index < -0.39 is 0 Å². The molecule has 2 unspecified atom stereocenters. The van der Waals surface area contributed by atoms with E-state index in [1.807, 2.05) is 40.8 Å². The van der Waals surface area contributed by atoms with E-state index in [0.29, 0.717) is 13.2 Å². The van der Waals surface area contributed by atoms with Crippen LogP contribution in [-0.4, -0.2) is 47.2 Å². The summed E-state index contributed by atoms with van der Waals surface area (Å²) in [6.07, 6.45) is 4.29. The van der Waals surface area contributed by atoms with Crippen LogP contribution in [0.15, 0.2) is 36.7 Å². The summed E-state index contributed by atoms with van der Waals surface area (Å²) in [5, 5.41) is 2.98. The largest absolute Gasteiger partial charge is 0.370 e. The van der Waals surface area contributed by atoms with Gasteiger partial charge in [-0.1, -0.05) is 18.2 Å². The van der Waals surface area contributed by atoms with Gasteiger partial charge in [-0.3, -0.25) is 9.59 Å². The predicted octanol–water partition coefficient (Wildman–Crippen LogP) is 1.23. The quantitative estimate of drug-likeness (QED) is 0.896. The third-order valence-electron chi connectivity index (χ3n) is 5.09. The van der Waals surface area contributed by atoms with Crippen LogP contribution in [0.1, 0.15) is 23.7 Å². The maximum atomic E-state index is 12.9. The first-order valence-corrected chi connectivity index (χ1v) is 8.86. The molecule has 1 aromatic carbocycles. The Kier molecular flexibility index (Phi) is 4.46. The van der Waals surface area contributed by atoms with Gasteiger partial charge < -0.3 is 19.5 Å². The molecule has 1 N–H and O–H groups in total. The van der Waals surface area contributed by atoms with Crippen LogP contribution >= 0.6 is 0 Å². The van der Waals surface area contributed by atoms with Gasteiger partial charge in [0.1, 0.15) is 19.0 Å². The number of anilines is 1. The summed E-state index contributed by atoms with van der Waals surface area (Å²) in [7, 11) is 0. The molecule has 26 heavy (non-hydrogen) atoms. The van der Waals surface area contributed by atoms with Crippen LogP contribution in [0.2, 0.25) is 0 Å². The highest BCUT2D eigenvalue weighted by Gasteiger charge is 2.34. The zero-order chi connectivity index (χ0) is 18.1. The van der Waals surface area contributed by atoms with Crippen molar-refractivity contribution in [2.24, 2.45) is 0 Å². The molecular weight excluding hydrogens is 332 g/mol. The number of aromatic nitrogens is 2. The maximum absolute atomic E-state index is 12.9. The van der Waals surface area contributed by atoms with Gasteiger partial charge in [-0.2, -0.15) is 0 Å². The number of ether oxygens (including phenoxy) is 1. The molecule has 0 radical (unpaired) electrons. The van der Waals surface area contributed by atoms with Crippen LogP contribution in [0.3, 0.4) is 0 Å². The lowest BCUT2D eigenvalue weighted by atomic mass is 9.94. The number of morpholine rings is 1. The lowest BCUT2D eigenvalue weighted by molar-refractivity contribution is -0.131. The summed E-state index contributed by atoms with van der Waals surface area (Å²) >= 11 is 0. The lowest BCUT2D eigenvalue weighted by Gasteiger charge is -2.26. The third-order valence-corrected chi connectivity index (χ3v) is 5.09. The van der Waals surface area contributed by atoms with Crippen LogP contribution in [0.25, 0.3) is 0 Å². The SMILES string of the molecule is Cc1nccn1CC(=O)N1CC(CC2COCC(=O)N2)c2ccccc21. The number of hydrogen-bond donors (Lipinski definition) is 1. The molecule has 2 amide bonds. The van der Waals surface area contributed by atoms with Crippen molar-refractivity contribution in [1.29, 1.82) is 0 Å². The number of hydrogen-bond acceptors (Lipinski definition) is 4. The molecule has 0 aliphatic carbocycles. The molecule has 0 saturated carbocycles. The molecule has 3 heterocycles. The summed E-state index contributed by atoms with van der Waals surface area (Å²) in [5.74, 6) is 0.983. The van der Waals surface area contributed by atoms with Crippen LogP contribution in [0.5, 0.6) is 0 Å². The number of fused-ring (bicyclic) bond motifs is 1. The Morgan fingerprint density at radius 1 is 1.38 bits per heavy atom. The highest BCUT2D eigenvalue weighted by Crippen LogP contribution is 2.38. The van der Waals surface area contributed by atoms with Crippen molar-refractivity contribution in [1.82, 2.24) is 14.9 Å². The molecule has 1 saturated heterocycles.